The smallest absolute Gasteiger partial charge is 0.239 e. The molecule has 0 aromatic rings. The molecule has 2 fully saturated rings. The zero-order chi connectivity index (χ0) is 18.6. The standard InChI is InChI=1S/C18H31N5O2/c1-14-12-23(15(2)18(25)20(4)7-5-6-19)13-17(14)22-10-8-21(9-11-22)16(3)24/h14-15,17H,5,7-13H2,1-4H3/t14-,15-,17+/m0/s1. The van der Waals surface area contributed by atoms with E-state index in [1.165, 1.54) is 0 Å². The summed E-state index contributed by atoms with van der Waals surface area (Å²) in [5, 5.41) is 8.69. The third kappa shape index (κ3) is 4.71. The number of carbonyl (C=O) groups is 2. The Morgan fingerprint density at radius 3 is 2.44 bits per heavy atom. The molecule has 25 heavy (non-hydrogen) atoms. The normalized spacial score (nSPS) is 26.3. The maximum atomic E-state index is 12.6. The molecule has 0 bridgehead atoms. The van der Waals surface area contributed by atoms with Gasteiger partial charge in [-0.1, -0.05) is 6.92 Å². The van der Waals surface area contributed by atoms with Crippen molar-refractivity contribution in [2.24, 2.45) is 5.92 Å². The molecule has 2 amide bonds. The van der Waals surface area contributed by atoms with Crippen LogP contribution in [0.15, 0.2) is 0 Å². The zero-order valence-electron chi connectivity index (χ0n) is 15.9. The summed E-state index contributed by atoms with van der Waals surface area (Å²) in [7, 11) is 1.77. The fourth-order valence-electron chi connectivity index (χ4n) is 3.95. The molecule has 2 saturated heterocycles. The summed E-state index contributed by atoms with van der Waals surface area (Å²) < 4.78 is 0. The van der Waals surface area contributed by atoms with Crippen LogP contribution in [0.2, 0.25) is 0 Å². The van der Waals surface area contributed by atoms with Gasteiger partial charge in [0, 0.05) is 65.8 Å². The lowest BCUT2D eigenvalue weighted by Crippen LogP contribution is -2.53. The molecule has 0 aromatic heterocycles. The lowest BCUT2D eigenvalue weighted by Gasteiger charge is -2.39. The molecule has 0 saturated carbocycles. The molecule has 0 radical (unpaired) electrons. The first kappa shape index (κ1) is 19.7. The first-order chi connectivity index (χ1) is 11.8. The molecule has 2 rings (SSSR count). The number of nitrogens with zero attached hydrogens (tertiary/aromatic N) is 5. The van der Waals surface area contributed by atoms with Gasteiger partial charge in [-0.25, -0.2) is 0 Å². The third-order valence-electron chi connectivity index (χ3n) is 5.67. The summed E-state index contributed by atoms with van der Waals surface area (Å²) in [5.74, 6) is 0.744. The molecule has 7 heteroatoms. The number of nitriles is 1. The van der Waals surface area contributed by atoms with Gasteiger partial charge in [0.2, 0.25) is 11.8 Å². The van der Waals surface area contributed by atoms with Gasteiger partial charge in [0.15, 0.2) is 0 Å². The van der Waals surface area contributed by atoms with Crippen LogP contribution in [-0.2, 0) is 9.59 Å². The molecule has 0 aromatic carbocycles. The third-order valence-corrected chi connectivity index (χ3v) is 5.67. The van der Waals surface area contributed by atoms with Crippen LogP contribution < -0.4 is 0 Å². The van der Waals surface area contributed by atoms with E-state index < -0.39 is 0 Å². The van der Waals surface area contributed by atoms with Gasteiger partial charge in [-0.05, 0) is 12.8 Å². The molecular formula is C18H31N5O2. The van der Waals surface area contributed by atoms with E-state index in [0.29, 0.717) is 24.9 Å². The van der Waals surface area contributed by atoms with Crippen molar-refractivity contribution < 1.29 is 9.59 Å². The van der Waals surface area contributed by atoms with E-state index in [9.17, 15) is 9.59 Å². The minimum Gasteiger partial charge on any atom is -0.343 e. The largest absolute Gasteiger partial charge is 0.343 e. The number of rotatable bonds is 5. The highest BCUT2D eigenvalue weighted by molar-refractivity contribution is 5.81. The number of hydrogen-bond donors (Lipinski definition) is 0. The van der Waals surface area contributed by atoms with Gasteiger partial charge in [-0.15, -0.1) is 0 Å². The number of hydrogen-bond acceptors (Lipinski definition) is 5. The molecule has 140 valence electrons. The van der Waals surface area contributed by atoms with Crippen LogP contribution >= 0.6 is 0 Å². The Balaban J connectivity index is 1.89. The molecule has 0 unspecified atom stereocenters. The summed E-state index contributed by atoms with van der Waals surface area (Å²) in [6, 6.07) is 2.37. The van der Waals surface area contributed by atoms with Gasteiger partial charge in [-0.2, -0.15) is 5.26 Å². The van der Waals surface area contributed by atoms with Gasteiger partial charge >= 0.3 is 0 Å². The van der Waals surface area contributed by atoms with Crippen molar-refractivity contribution in [3.05, 3.63) is 0 Å². The summed E-state index contributed by atoms with van der Waals surface area (Å²) in [6.45, 7) is 11.5. The fraction of sp³-hybridized carbons (Fsp3) is 0.833. The topological polar surface area (TPSA) is 70.9 Å². The SMILES string of the molecule is CC(=O)N1CCN([C@@H]2CN([C@@H](C)C(=O)N(C)CCC#N)C[C@@H]2C)CC1. The van der Waals surface area contributed by atoms with Crippen molar-refractivity contribution >= 4 is 11.8 Å². The molecule has 2 aliphatic rings. The van der Waals surface area contributed by atoms with E-state index in [-0.39, 0.29) is 17.9 Å². The molecular weight excluding hydrogens is 318 g/mol. The first-order valence-corrected chi connectivity index (χ1v) is 9.20. The number of likely N-dealkylation sites (N-methyl/N-ethyl adjacent to an activating group) is 1. The summed E-state index contributed by atoms with van der Waals surface area (Å²) >= 11 is 0. The predicted octanol–water partition coefficient (Wildman–Crippen LogP) is 0.231. The Morgan fingerprint density at radius 1 is 1.24 bits per heavy atom. The van der Waals surface area contributed by atoms with Gasteiger partial charge in [-0.3, -0.25) is 19.4 Å². The van der Waals surface area contributed by atoms with Gasteiger partial charge in [0.25, 0.3) is 0 Å². The number of piperazine rings is 1. The monoisotopic (exact) mass is 349 g/mol. The minimum atomic E-state index is -0.158. The van der Waals surface area contributed by atoms with Crippen molar-refractivity contribution in [3.63, 3.8) is 0 Å². The van der Waals surface area contributed by atoms with Crippen LogP contribution in [0.3, 0.4) is 0 Å². The molecule has 2 heterocycles. The second-order valence-electron chi connectivity index (χ2n) is 7.38. The highest BCUT2D eigenvalue weighted by atomic mass is 16.2. The molecule has 7 nitrogen and oxygen atoms in total. The summed E-state index contributed by atoms with van der Waals surface area (Å²) in [5.41, 5.74) is 0. The lowest BCUT2D eigenvalue weighted by molar-refractivity contribution is -0.135. The number of amides is 2. The molecule has 0 N–H and O–H groups in total. The van der Waals surface area contributed by atoms with Gasteiger partial charge < -0.3 is 9.80 Å². The minimum absolute atomic E-state index is 0.0875. The van der Waals surface area contributed by atoms with Crippen LogP contribution in [0.1, 0.15) is 27.2 Å². The molecule has 0 spiro atoms. The van der Waals surface area contributed by atoms with Crippen molar-refractivity contribution in [2.75, 3.05) is 52.9 Å². The van der Waals surface area contributed by atoms with Crippen LogP contribution in [0.4, 0.5) is 0 Å². The van der Waals surface area contributed by atoms with Crippen molar-refractivity contribution in [2.45, 2.75) is 39.3 Å². The first-order valence-electron chi connectivity index (χ1n) is 9.20. The van der Waals surface area contributed by atoms with Crippen LogP contribution in [0.25, 0.3) is 0 Å². The van der Waals surface area contributed by atoms with Crippen molar-refractivity contribution in [1.82, 2.24) is 19.6 Å². The Bertz CT molecular complexity index is 524. The number of carbonyl (C=O) groups excluding carboxylic acids is 2. The average molecular weight is 349 g/mol. The molecule has 2 aliphatic heterocycles. The Kier molecular flexibility index (Phi) is 6.79. The van der Waals surface area contributed by atoms with E-state index in [0.717, 1.165) is 39.3 Å². The second-order valence-corrected chi connectivity index (χ2v) is 7.38. The van der Waals surface area contributed by atoms with Gasteiger partial charge in [0.1, 0.15) is 0 Å². The maximum absolute atomic E-state index is 12.6. The molecule has 3 atom stereocenters. The van der Waals surface area contributed by atoms with Crippen LogP contribution in [0.5, 0.6) is 0 Å². The van der Waals surface area contributed by atoms with E-state index in [1.54, 1.807) is 18.9 Å². The second kappa shape index (κ2) is 8.63. The van der Waals surface area contributed by atoms with E-state index in [1.807, 2.05) is 11.8 Å². The van der Waals surface area contributed by atoms with Gasteiger partial charge in [0.05, 0.1) is 18.5 Å². The van der Waals surface area contributed by atoms with Crippen molar-refractivity contribution in [3.8, 4) is 6.07 Å². The fourth-order valence-corrected chi connectivity index (χ4v) is 3.95. The van der Waals surface area contributed by atoms with Crippen LogP contribution in [-0.4, -0.2) is 96.4 Å². The summed E-state index contributed by atoms with van der Waals surface area (Å²) in [4.78, 5) is 32.3. The maximum Gasteiger partial charge on any atom is 0.239 e. The zero-order valence-corrected chi connectivity index (χ0v) is 15.9. The summed E-state index contributed by atoms with van der Waals surface area (Å²) in [6.07, 6.45) is 0.369. The van der Waals surface area contributed by atoms with E-state index >= 15 is 0 Å². The van der Waals surface area contributed by atoms with E-state index in [2.05, 4.69) is 22.8 Å². The van der Waals surface area contributed by atoms with E-state index in [4.69, 9.17) is 5.26 Å². The Labute approximate surface area is 151 Å². The van der Waals surface area contributed by atoms with Crippen LogP contribution in [0, 0.1) is 17.2 Å². The number of likely N-dealkylation sites (tertiary alicyclic amines) is 1. The average Bonchev–Trinajstić information content (AvgIpc) is 3.00. The predicted molar refractivity (Wildman–Crippen MR) is 95.7 cm³/mol. The quantitative estimate of drug-likeness (QED) is 0.711. The highest BCUT2D eigenvalue weighted by Crippen LogP contribution is 2.25. The Morgan fingerprint density at radius 2 is 1.88 bits per heavy atom. The highest BCUT2D eigenvalue weighted by Gasteiger charge is 2.39. The van der Waals surface area contributed by atoms with Crippen molar-refractivity contribution in [1.29, 1.82) is 5.26 Å². The molecule has 0 aliphatic carbocycles. The Hall–Kier alpha value is -1.65. The lowest BCUT2D eigenvalue weighted by atomic mass is 10.0.